The van der Waals surface area contributed by atoms with Crippen molar-refractivity contribution in [1.29, 1.82) is 0 Å². The van der Waals surface area contributed by atoms with Gasteiger partial charge in [0.25, 0.3) is 5.91 Å². The first-order chi connectivity index (χ1) is 18.4. The number of rotatable bonds is 3. The Morgan fingerprint density at radius 2 is 1.74 bits per heavy atom. The molecule has 1 amide bonds. The average molecular weight is 518 g/mol. The van der Waals surface area contributed by atoms with Gasteiger partial charge in [-0.15, -0.1) is 0 Å². The van der Waals surface area contributed by atoms with E-state index in [1.54, 1.807) is 15.6 Å². The van der Waals surface area contributed by atoms with Crippen molar-refractivity contribution in [2.45, 2.75) is 50.5 Å². The summed E-state index contributed by atoms with van der Waals surface area (Å²) in [7, 11) is 0. The van der Waals surface area contributed by atoms with Crippen molar-refractivity contribution < 1.29 is 18.7 Å². The summed E-state index contributed by atoms with van der Waals surface area (Å²) in [6.07, 6.45) is 8.03. The minimum Gasteiger partial charge on any atom is -0.502 e. The van der Waals surface area contributed by atoms with Crippen LogP contribution in [0.4, 0.5) is 8.78 Å². The van der Waals surface area contributed by atoms with Crippen molar-refractivity contribution in [2.24, 2.45) is 11.8 Å². The standard InChI is InChI=1S/C30H29F2N3O3/c31-24-11-10-23-21(26(24)32)15-20-14-19-8-4-5-9-22(19)30(20,23)35-17-33(16-18-6-2-1-3-7-18)29(38)27-28(37)25(36)12-13-34(27)35/h4-5,8-13,18,20,37H,1-3,6-7,14-17H2. The predicted molar refractivity (Wildman–Crippen MR) is 138 cm³/mol. The Balaban J connectivity index is 1.47. The molecule has 1 aliphatic heterocycles. The molecule has 0 bridgehead atoms. The van der Waals surface area contributed by atoms with Crippen LogP contribution in [0.25, 0.3) is 0 Å². The Bertz CT molecular complexity index is 1530. The van der Waals surface area contributed by atoms with Crippen LogP contribution in [0.5, 0.6) is 5.75 Å². The van der Waals surface area contributed by atoms with Crippen LogP contribution in [-0.2, 0) is 18.4 Å². The third-order valence-electron chi connectivity index (χ3n) is 9.26. The lowest BCUT2D eigenvalue weighted by molar-refractivity contribution is 0.0596. The van der Waals surface area contributed by atoms with E-state index in [9.17, 15) is 19.1 Å². The van der Waals surface area contributed by atoms with E-state index in [1.807, 2.05) is 23.2 Å². The van der Waals surface area contributed by atoms with E-state index >= 15 is 4.39 Å². The zero-order valence-electron chi connectivity index (χ0n) is 21.0. The fraction of sp³-hybridized carbons (Fsp3) is 0.400. The number of amides is 1. The number of aromatic nitrogens is 1. The van der Waals surface area contributed by atoms with E-state index in [-0.39, 0.29) is 24.2 Å². The number of halogens is 2. The maximum absolute atomic E-state index is 15.2. The summed E-state index contributed by atoms with van der Waals surface area (Å²) < 4.78 is 31.2. The summed E-state index contributed by atoms with van der Waals surface area (Å²) >= 11 is 0. The molecule has 1 saturated carbocycles. The van der Waals surface area contributed by atoms with Crippen LogP contribution in [-0.4, -0.2) is 33.8 Å². The van der Waals surface area contributed by atoms with Crippen molar-refractivity contribution in [3.63, 3.8) is 0 Å². The van der Waals surface area contributed by atoms with Gasteiger partial charge in [0.15, 0.2) is 23.1 Å². The Kier molecular flexibility index (Phi) is 5.19. The van der Waals surface area contributed by atoms with Gasteiger partial charge >= 0.3 is 0 Å². The number of hydrogen-bond donors (Lipinski definition) is 1. The van der Waals surface area contributed by atoms with Gasteiger partial charge in [-0.05, 0) is 59.9 Å². The lowest BCUT2D eigenvalue weighted by atomic mass is 9.81. The van der Waals surface area contributed by atoms with Gasteiger partial charge in [-0.2, -0.15) is 0 Å². The molecule has 3 aliphatic carbocycles. The molecule has 1 aromatic heterocycles. The molecule has 4 aliphatic rings. The van der Waals surface area contributed by atoms with E-state index in [4.69, 9.17) is 0 Å². The molecule has 2 heterocycles. The monoisotopic (exact) mass is 517 g/mol. The normalized spacial score (nSPS) is 24.3. The zero-order valence-corrected chi connectivity index (χ0v) is 21.0. The number of carbonyl (C=O) groups is 1. The second-order valence-electron chi connectivity index (χ2n) is 11.2. The van der Waals surface area contributed by atoms with Crippen molar-refractivity contribution in [2.75, 3.05) is 18.2 Å². The fourth-order valence-electron chi connectivity index (χ4n) is 7.64. The number of benzene rings is 2. The van der Waals surface area contributed by atoms with Crippen LogP contribution >= 0.6 is 0 Å². The Labute approximate surface area is 219 Å². The third kappa shape index (κ3) is 3.09. The molecule has 2 aromatic carbocycles. The Morgan fingerprint density at radius 1 is 0.947 bits per heavy atom. The van der Waals surface area contributed by atoms with Crippen LogP contribution in [0.2, 0.25) is 0 Å². The van der Waals surface area contributed by atoms with Gasteiger partial charge in [-0.1, -0.05) is 49.6 Å². The summed E-state index contributed by atoms with van der Waals surface area (Å²) in [5.41, 5.74) is 1.52. The predicted octanol–water partition coefficient (Wildman–Crippen LogP) is 4.44. The first-order valence-electron chi connectivity index (χ1n) is 13.5. The van der Waals surface area contributed by atoms with Gasteiger partial charge in [0.1, 0.15) is 12.2 Å². The lowest BCUT2D eigenvalue weighted by Crippen LogP contribution is -2.63. The van der Waals surface area contributed by atoms with E-state index < -0.39 is 28.4 Å². The Hall–Kier alpha value is -3.68. The van der Waals surface area contributed by atoms with Gasteiger partial charge in [0, 0.05) is 24.7 Å². The smallest absolute Gasteiger partial charge is 0.277 e. The second-order valence-corrected chi connectivity index (χ2v) is 11.2. The molecule has 0 radical (unpaired) electrons. The number of nitrogens with zero attached hydrogens (tertiary/aromatic N) is 3. The molecule has 3 aromatic rings. The molecule has 0 saturated heterocycles. The van der Waals surface area contributed by atoms with E-state index in [0.29, 0.717) is 36.4 Å². The third-order valence-corrected chi connectivity index (χ3v) is 9.26. The van der Waals surface area contributed by atoms with Gasteiger partial charge in [-0.25, -0.2) is 8.78 Å². The number of hydrogen-bond acceptors (Lipinski definition) is 4. The molecule has 2 atom stereocenters. The largest absolute Gasteiger partial charge is 0.502 e. The topological polar surface area (TPSA) is 65.8 Å². The maximum atomic E-state index is 15.2. The van der Waals surface area contributed by atoms with Crippen molar-refractivity contribution in [3.05, 3.63) is 98.5 Å². The average Bonchev–Trinajstić information content (AvgIpc) is 3.42. The molecule has 38 heavy (non-hydrogen) atoms. The number of pyridine rings is 1. The molecule has 6 nitrogen and oxygen atoms in total. The quantitative estimate of drug-likeness (QED) is 0.558. The van der Waals surface area contributed by atoms with Gasteiger partial charge in [0.05, 0.1) is 0 Å². The SMILES string of the molecule is O=C1c2c(O)c(=O)ccn2N(C23c4ccccc4CC2Cc2c3ccc(F)c2F)CN1CC1CCCCC1. The van der Waals surface area contributed by atoms with Gasteiger partial charge < -0.3 is 10.0 Å². The highest BCUT2D eigenvalue weighted by Gasteiger charge is 2.59. The van der Waals surface area contributed by atoms with Crippen molar-refractivity contribution in [3.8, 4) is 5.75 Å². The summed E-state index contributed by atoms with van der Waals surface area (Å²) in [6.45, 7) is 0.721. The molecule has 196 valence electrons. The lowest BCUT2D eigenvalue weighted by Gasteiger charge is -2.51. The van der Waals surface area contributed by atoms with Crippen LogP contribution in [0.1, 0.15) is 64.8 Å². The van der Waals surface area contributed by atoms with Crippen LogP contribution < -0.4 is 10.4 Å². The molecule has 7 rings (SSSR count). The summed E-state index contributed by atoms with van der Waals surface area (Å²) in [6, 6.07) is 12.1. The molecule has 1 fully saturated rings. The minimum atomic E-state index is -0.901. The van der Waals surface area contributed by atoms with E-state index in [1.165, 1.54) is 24.8 Å². The maximum Gasteiger partial charge on any atom is 0.277 e. The van der Waals surface area contributed by atoms with Crippen molar-refractivity contribution >= 4 is 5.91 Å². The highest BCUT2D eigenvalue weighted by molar-refractivity contribution is 5.96. The molecule has 0 spiro atoms. The fourth-order valence-corrected chi connectivity index (χ4v) is 7.64. The molecular weight excluding hydrogens is 488 g/mol. The summed E-state index contributed by atoms with van der Waals surface area (Å²) in [4.78, 5) is 28.0. The molecule has 8 heteroatoms. The highest BCUT2D eigenvalue weighted by atomic mass is 19.2. The molecule has 2 unspecified atom stereocenters. The van der Waals surface area contributed by atoms with Crippen LogP contribution in [0.3, 0.4) is 0 Å². The second kappa shape index (κ2) is 8.41. The van der Waals surface area contributed by atoms with Crippen LogP contribution in [0, 0.1) is 23.5 Å². The summed E-state index contributed by atoms with van der Waals surface area (Å²) in [5.74, 6) is -2.45. The number of carbonyl (C=O) groups excluding carboxylic acids is 1. The van der Waals surface area contributed by atoms with Gasteiger partial charge in [0.2, 0.25) is 5.43 Å². The number of aromatic hydroxyl groups is 1. The van der Waals surface area contributed by atoms with Crippen LogP contribution in [0.15, 0.2) is 53.5 Å². The summed E-state index contributed by atoms with van der Waals surface area (Å²) in [5, 5.41) is 12.9. The van der Waals surface area contributed by atoms with Gasteiger partial charge in [-0.3, -0.25) is 19.3 Å². The Morgan fingerprint density at radius 3 is 2.55 bits per heavy atom. The van der Waals surface area contributed by atoms with Crippen molar-refractivity contribution in [1.82, 2.24) is 9.58 Å². The number of fused-ring (bicyclic) bond motifs is 6. The van der Waals surface area contributed by atoms with E-state index in [2.05, 4.69) is 6.07 Å². The van der Waals surface area contributed by atoms with E-state index in [0.717, 1.165) is 36.8 Å². The first kappa shape index (κ1) is 23.4. The zero-order chi connectivity index (χ0) is 26.2. The minimum absolute atomic E-state index is 0.0758. The molecular formula is C30H29F2N3O3. The molecule has 1 N–H and O–H groups in total. The highest BCUT2D eigenvalue weighted by Crippen LogP contribution is 2.57. The first-order valence-corrected chi connectivity index (χ1v) is 13.5.